The Kier molecular flexibility index (Phi) is 6.64. The van der Waals surface area contributed by atoms with Gasteiger partial charge in [0.15, 0.2) is 0 Å². The maximum absolute atomic E-state index is 13.8. The van der Waals surface area contributed by atoms with Gasteiger partial charge in [-0.25, -0.2) is 4.39 Å². The number of benzene rings is 2. The first-order chi connectivity index (χ1) is 13.9. The molecule has 154 valence electrons. The molecular weight excluding hydrogens is 369 g/mol. The standard InChI is InChI=1S/C23H28FN3O2/c1-26(2)23(29)20-15-27(14-19(20)18-8-5-6-16(12-18)13-25)22(28)11-10-17-7-3-4-9-21(17)24/h3-9,12,19-20H,10-11,13-15,25H2,1-2H3/t19-,20+/m1/s1. The molecule has 2 aromatic rings. The molecule has 29 heavy (non-hydrogen) atoms. The number of likely N-dealkylation sites (tertiary alicyclic amines) is 1. The molecule has 1 saturated heterocycles. The van der Waals surface area contributed by atoms with Crippen LogP contribution in [-0.2, 0) is 22.6 Å². The zero-order valence-corrected chi connectivity index (χ0v) is 17.0. The molecule has 0 radical (unpaired) electrons. The summed E-state index contributed by atoms with van der Waals surface area (Å²) in [7, 11) is 3.47. The van der Waals surface area contributed by atoms with E-state index in [0.717, 1.165) is 11.1 Å². The molecule has 2 amide bonds. The van der Waals surface area contributed by atoms with Gasteiger partial charge in [-0.15, -0.1) is 0 Å². The van der Waals surface area contributed by atoms with Gasteiger partial charge in [0, 0.05) is 46.1 Å². The van der Waals surface area contributed by atoms with Crippen molar-refractivity contribution in [1.29, 1.82) is 0 Å². The number of amides is 2. The lowest BCUT2D eigenvalue weighted by atomic mass is 9.87. The van der Waals surface area contributed by atoms with Crippen LogP contribution in [-0.4, -0.2) is 48.8 Å². The lowest BCUT2D eigenvalue weighted by Crippen LogP contribution is -2.35. The third-order valence-electron chi connectivity index (χ3n) is 5.61. The maximum Gasteiger partial charge on any atom is 0.227 e. The number of rotatable bonds is 6. The Morgan fingerprint density at radius 3 is 2.59 bits per heavy atom. The topological polar surface area (TPSA) is 66.6 Å². The van der Waals surface area contributed by atoms with Crippen LogP contribution in [0.5, 0.6) is 0 Å². The van der Waals surface area contributed by atoms with Crippen LogP contribution in [0.25, 0.3) is 0 Å². The predicted molar refractivity (Wildman–Crippen MR) is 111 cm³/mol. The minimum atomic E-state index is -0.296. The molecule has 2 aromatic carbocycles. The summed E-state index contributed by atoms with van der Waals surface area (Å²) in [5.41, 5.74) is 8.34. The number of nitrogens with two attached hydrogens (primary N) is 1. The highest BCUT2D eigenvalue weighted by Gasteiger charge is 2.40. The molecule has 1 aliphatic rings. The highest BCUT2D eigenvalue weighted by Crippen LogP contribution is 2.34. The average molecular weight is 397 g/mol. The fourth-order valence-corrected chi connectivity index (χ4v) is 3.98. The first-order valence-electron chi connectivity index (χ1n) is 9.92. The summed E-state index contributed by atoms with van der Waals surface area (Å²) < 4.78 is 13.8. The summed E-state index contributed by atoms with van der Waals surface area (Å²) in [5.74, 6) is -0.706. The second kappa shape index (κ2) is 9.18. The van der Waals surface area contributed by atoms with Gasteiger partial charge in [-0.2, -0.15) is 0 Å². The molecule has 0 unspecified atom stereocenters. The number of aryl methyl sites for hydroxylation is 1. The smallest absolute Gasteiger partial charge is 0.227 e. The van der Waals surface area contributed by atoms with Crippen molar-refractivity contribution in [3.63, 3.8) is 0 Å². The third kappa shape index (κ3) is 4.82. The van der Waals surface area contributed by atoms with E-state index in [1.807, 2.05) is 24.3 Å². The monoisotopic (exact) mass is 397 g/mol. The number of nitrogens with zero attached hydrogens (tertiary/aromatic N) is 2. The van der Waals surface area contributed by atoms with E-state index < -0.39 is 0 Å². The van der Waals surface area contributed by atoms with Crippen LogP contribution in [0.3, 0.4) is 0 Å². The van der Waals surface area contributed by atoms with E-state index in [-0.39, 0.29) is 35.9 Å². The zero-order chi connectivity index (χ0) is 21.0. The molecule has 2 N–H and O–H groups in total. The number of halogens is 1. The molecular formula is C23H28FN3O2. The van der Waals surface area contributed by atoms with E-state index in [9.17, 15) is 14.0 Å². The van der Waals surface area contributed by atoms with Crippen LogP contribution in [0.1, 0.15) is 29.0 Å². The van der Waals surface area contributed by atoms with Crippen LogP contribution in [0.2, 0.25) is 0 Å². The minimum Gasteiger partial charge on any atom is -0.349 e. The molecule has 1 aliphatic heterocycles. The highest BCUT2D eigenvalue weighted by atomic mass is 19.1. The van der Waals surface area contributed by atoms with Crippen molar-refractivity contribution in [3.05, 3.63) is 71.0 Å². The van der Waals surface area contributed by atoms with Crippen molar-refractivity contribution in [2.75, 3.05) is 27.2 Å². The van der Waals surface area contributed by atoms with Crippen LogP contribution in [0, 0.1) is 11.7 Å². The molecule has 6 heteroatoms. The highest BCUT2D eigenvalue weighted by molar-refractivity contribution is 5.83. The second-order valence-electron chi connectivity index (χ2n) is 7.78. The molecule has 0 bridgehead atoms. The van der Waals surface area contributed by atoms with Crippen LogP contribution in [0.4, 0.5) is 4.39 Å². The fourth-order valence-electron chi connectivity index (χ4n) is 3.98. The van der Waals surface area contributed by atoms with Crippen molar-refractivity contribution < 1.29 is 14.0 Å². The molecule has 2 atom stereocenters. The van der Waals surface area contributed by atoms with Crippen molar-refractivity contribution in [1.82, 2.24) is 9.80 Å². The Balaban J connectivity index is 1.76. The van der Waals surface area contributed by atoms with Gasteiger partial charge in [0.25, 0.3) is 0 Å². The summed E-state index contributed by atoms with van der Waals surface area (Å²) >= 11 is 0. The number of carbonyl (C=O) groups excluding carboxylic acids is 2. The number of hydrogen-bond donors (Lipinski definition) is 1. The SMILES string of the molecule is CN(C)C(=O)[C@H]1CN(C(=O)CCc2ccccc2F)C[C@@H]1c1cccc(CN)c1. The summed E-state index contributed by atoms with van der Waals surface area (Å²) in [6.07, 6.45) is 0.570. The minimum absolute atomic E-state index is 0.0116. The Labute approximate surface area is 171 Å². The number of hydrogen-bond acceptors (Lipinski definition) is 3. The first kappa shape index (κ1) is 21.0. The van der Waals surface area contributed by atoms with Gasteiger partial charge in [-0.3, -0.25) is 9.59 Å². The van der Waals surface area contributed by atoms with Gasteiger partial charge in [-0.1, -0.05) is 42.5 Å². The van der Waals surface area contributed by atoms with Gasteiger partial charge >= 0.3 is 0 Å². The van der Waals surface area contributed by atoms with Gasteiger partial charge in [-0.05, 0) is 29.2 Å². The van der Waals surface area contributed by atoms with Gasteiger partial charge < -0.3 is 15.5 Å². The van der Waals surface area contributed by atoms with E-state index in [4.69, 9.17) is 5.73 Å². The quantitative estimate of drug-likeness (QED) is 0.815. The Bertz CT molecular complexity index is 884. The molecule has 0 spiro atoms. The molecule has 3 rings (SSSR count). The molecule has 1 fully saturated rings. The van der Waals surface area contributed by atoms with Gasteiger partial charge in [0.05, 0.1) is 5.92 Å². The molecule has 0 aromatic heterocycles. The van der Waals surface area contributed by atoms with Crippen LogP contribution >= 0.6 is 0 Å². The summed E-state index contributed by atoms with van der Waals surface area (Å²) in [6.45, 7) is 1.29. The van der Waals surface area contributed by atoms with E-state index >= 15 is 0 Å². The lowest BCUT2D eigenvalue weighted by molar-refractivity contribution is -0.133. The van der Waals surface area contributed by atoms with Gasteiger partial charge in [0.2, 0.25) is 11.8 Å². The first-order valence-corrected chi connectivity index (χ1v) is 9.92. The van der Waals surface area contributed by atoms with E-state index in [2.05, 4.69) is 0 Å². The van der Waals surface area contributed by atoms with Gasteiger partial charge in [0.1, 0.15) is 5.82 Å². The third-order valence-corrected chi connectivity index (χ3v) is 5.61. The van der Waals surface area contributed by atoms with Crippen molar-refractivity contribution >= 4 is 11.8 Å². The van der Waals surface area contributed by atoms with Crippen molar-refractivity contribution in [2.24, 2.45) is 11.7 Å². The average Bonchev–Trinajstić information content (AvgIpc) is 3.18. The predicted octanol–water partition coefficient (Wildman–Crippen LogP) is 2.55. The molecule has 0 aliphatic carbocycles. The Hall–Kier alpha value is -2.73. The number of carbonyl (C=O) groups is 2. The Morgan fingerprint density at radius 2 is 1.90 bits per heavy atom. The lowest BCUT2D eigenvalue weighted by Gasteiger charge is -2.21. The molecule has 5 nitrogen and oxygen atoms in total. The summed E-state index contributed by atoms with van der Waals surface area (Å²) in [5, 5.41) is 0. The van der Waals surface area contributed by atoms with E-state index in [0.29, 0.717) is 31.6 Å². The van der Waals surface area contributed by atoms with Crippen molar-refractivity contribution in [3.8, 4) is 0 Å². The molecule has 1 heterocycles. The zero-order valence-electron chi connectivity index (χ0n) is 17.0. The van der Waals surface area contributed by atoms with Crippen LogP contribution < -0.4 is 5.73 Å². The second-order valence-corrected chi connectivity index (χ2v) is 7.78. The largest absolute Gasteiger partial charge is 0.349 e. The summed E-state index contributed by atoms with van der Waals surface area (Å²) in [4.78, 5) is 28.9. The fraction of sp³-hybridized carbons (Fsp3) is 0.391. The Morgan fingerprint density at radius 1 is 1.14 bits per heavy atom. The normalized spacial score (nSPS) is 18.7. The van der Waals surface area contributed by atoms with E-state index in [1.165, 1.54) is 6.07 Å². The molecule has 0 saturated carbocycles. The van der Waals surface area contributed by atoms with Crippen molar-refractivity contribution in [2.45, 2.75) is 25.3 Å². The van der Waals surface area contributed by atoms with E-state index in [1.54, 1.807) is 42.1 Å². The maximum atomic E-state index is 13.8. The van der Waals surface area contributed by atoms with Crippen LogP contribution in [0.15, 0.2) is 48.5 Å². The summed E-state index contributed by atoms with van der Waals surface area (Å²) in [6, 6.07) is 14.4.